The smallest absolute Gasteiger partial charge is 0.133 e. The number of hydrogen-bond donors (Lipinski definition) is 0. The van der Waals surface area contributed by atoms with E-state index in [1.54, 1.807) is 0 Å². The summed E-state index contributed by atoms with van der Waals surface area (Å²) in [6.45, 7) is 6.77. The molecule has 0 aliphatic heterocycles. The number of hydrogen-bond acceptors (Lipinski definition) is 1. The Morgan fingerprint density at radius 1 is 1.40 bits per heavy atom. The molecule has 0 aromatic heterocycles. The van der Waals surface area contributed by atoms with Crippen LogP contribution >= 0.6 is 0 Å². The first kappa shape index (κ1) is 7.99. The van der Waals surface area contributed by atoms with Gasteiger partial charge in [0.1, 0.15) is 5.78 Å². The first-order valence-corrected chi connectivity index (χ1v) is 7.72. The van der Waals surface area contributed by atoms with Crippen molar-refractivity contribution >= 4 is 13.9 Å². The van der Waals surface area contributed by atoms with E-state index >= 15 is 0 Å². The third-order valence-electron chi connectivity index (χ3n) is 1.74. The summed E-state index contributed by atoms with van der Waals surface area (Å²) in [4.78, 5) is 11.3. The van der Waals surface area contributed by atoms with Crippen LogP contribution in [-0.2, 0) is 4.79 Å². The average Bonchev–Trinajstić information content (AvgIpc) is 2.35. The lowest BCUT2D eigenvalue weighted by molar-refractivity contribution is -0.118. The van der Waals surface area contributed by atoms with Crippen LogP contribution in [0, 0.1) is 5.92 Å². The fourth-order valence-corrected chi connectivity index (χ4v) is 2.41. The van der Waals surface area contributed by atoms with Crippen LogP contribution in [0.3, 0.4) is 0 Å². The molecule has 1 saturated carbocycles. The van der Waals surface area contributed by atoms with Crippen molar-refractivity contribution in [3.8, 4) is 0 Å². The molecule has 0 spiro atoms. The summed E-state index contributed by atoms with van der Waals surface area (Å²) in [5.74, 6) is 1.02. The monoisotopic (exact) mass is 156 g/mol. The lowest BCUT2D eigenvalue weighted by Gasteiger charge is -2.13. The van der Waals surface area contributed by atoms with E-state index in [9.17, 15) is 4.79 Å². The number of carbonyl (C=O) groups is 1. The van der Waals surface area contributed by atoms with Crippen LogP contribution in [0.15, 0.2) is 0 Å². The van der Waals surface area contributed by atoms with Crippen LogP contribution in [-0.4, -0.2) is 13.9 Å². The first-order chi connectivity index (χ1) is 4.49. The topological polar surface area (TPSA) is 17.1 Å². The van der Waals surface area contributed by atoms with E-state index in [0.717, 1.165) is 6.04 Å². The van der Waals surface area contributed by atoms with Crippen LogP contribution in [0.1, 0.15) is 12.8 Å². The Hall–Kier alpha value is -0.113. The zero-order chi connectivity index (χ0) is 7.78. The van der Waals surface area contributed by atoms with Gasteiger partial charge in [-0.15, -0.1) is 0 Å². The molecule has 1 aliphatic rings. The molecule has 0 amide bonds. The van der Waals surface area contributed by atoms with Gasteiger partial charge >= 0.3 is 0 Å². The van der Waals surface area contributed by atoms with Gasteiger partial charge in [0, 0.05) is 12.0 Å². The van der Waals surface area contributed by atoms with Crippen LogP contribution in [0.2, 0.25) is 25.7 Å². The molecule has 0 aromatic carbocycles. The molecule has 0 aromatic rings. The maximum atomic E-state index is 11.3. The zero-order valence-corrected chi connectivity index (χ0v) is 8.11. The van der Waals surface area contributed by atoms with Crippen molar-refractivity contribution in [2.24, 2.45) is 5.92 Å². The second-order valence-electron chi connectivity index (χ2n) is 4.48. The molecule has 1 rings (SSSR count). The number of Topliss-reactive ketones (excluding diaryl/α,β-unsaturated/α-hetero) is 1. The lowest BCUT2D eigenvalue weighted by Crippen LogP contribution is -2.24. The molecule has 0 bridgehead atoms. The van der Waals surface area contributed by atoms with Gasteiger partial charge in [0.25, 0.3) is 0 Å². The van der Waals surface area contributed by atoms with Crippen molar-refractivity contribution < 1.29 is 4.79 Å². The molecular formula is C8H16OSi. The van der Waals surface area contributed by atoms with Gasteiger partial charge in [0.2, 0.25) is 0 Å². The molecule has 1 aliphatic carbocycles. The van der Waals surface area contributed by atoms with Crippen molar-refractivity contribution in [2.45, 2.75) is 38.5 Å². The summed E-state index contributed by atoms with van der Waals surface area (Å²) in [5, 5.41) is 0. The Morgan fingerprint density at radius 3 is 2.20 bits per heavy atom. The summed E-state index contributed by atoms with van der Waals surface area (Å²) in [6, 6.07) is 0.900. The second-order valence-corrected chi connectivity index (χ2v) is 9.95. The fourth-order valence-electron chi connectivity index (χ4n) is 1.07. The van der Waals surface area contributed by atoms with Gasteiger partial charge in [-0.2, -0.15) is 0 Å². The van der Waals surface area contributed by atoms with E-state index < -0.39 is 8.07 Å². The third-order valence-corrected chi connectivity index (χ3v) is 3.15. The Labute approximate surface area is 63.8 Å². The van der Waals surface area contributed by atoms with E-state index in [1.165, 1.54) is 12.8 Å². The van der Waals surface area contributed by atoms with E-state index in [1.807, 2.05) is 0 Å². The molecule has 0 atom stereocenters. The SMILES string of the molecule is C[Si](C)(C)CC(=O)C1CC1. The molecule has 0 unspecified atom stereocenters. The van der Waals surface area contributed by atoms with E-state index in [4.69, 9.17) is 0 Å². The van der Waals surface area contributed by atoms with Gasteiger partial charge in [0.15, 0.2) is 0 Å². The largest absolute Gasteiger partial charge is 0.300 e. The van der Waals surface area contributed by atoms with Crippen molar-refractivity contribution in [1.29, 1.82) is 0 Å². The third kappa shape index (κ3) is 2.65. The number of ketones is 1. The Kier molecular flexibility index (Phi) is 1.99. The van der Waals surface area contributed by atoms with Gasteiger partial charge in [-0.1, -0.05) is 19.6 Å². The van der Waals surface area contributed by atoms with Crippen molar-refractivity contribution in [2.75, 3.05) is 0 Å². The summed E-state index contributed by atoms with van der Waals surface area (Å²) < 4.78 is 0. The Morgan fingerprint density at radius 2 is 1.90 bits per heavy atom. The molecule has 1 nitrogen and oxygen atoms in total. The molecule has 10 heavy (non-hydrogen) atoms. The highest BCUT2D eigenvalue weighted by atomic mass is 28.3. The molecule has 0 saturated heterocycles. The van der Waals surface area contributed by atoms with Crippen LogP contribution in [0.25, 0.3) is 0 Å². The molecule has 58 valence electrons. The fraction of sp³-hybridized carbons (Fsp3) is 0.875. The van der Waals surface area contributed by atoms with Crippen molar-refractivity contribution in [1.82, 2.24) is 0 Å². The Balaban J connectivity index is 2.30. The van der Waals surface area contributed by atoms with Gasteiger partial charge in [-0.25, -0.2) is 0 Å². The van der Waals surface area contributed by atoms with Crippen molar-refractivity contribution in [3.05, 3.63) is 0 Å². The molecular weight excluding hydrogens is 140 g/mol. The maximum absolute atomic E-state index is 11.3. The predicted molar refractivity (Wildman–Crippen MR) is 45.9 cm³/mol. The van der Waals surface area contributed by atoms with Crippen LogP contribution < -0.4 is 0 Å². The van der Waals surface area contributed by atoms with Crippen LogP contribution in [0.4, 0.5) is 0 Å². The van der Waals surface area contributed by atoms with Crippen molar-refractivity contribution in [3.63, 3.8) is 0 Å². The highest BCUT2D eigenvalue weighted by Crippen LogP contribution is 2.32. The van der Waals surface area contributed by atoms with Crippen LogP contribution in [0.5, 0.6) is 0 Å². The normalized spacial score (nSPS) is 19.1. The minimum Gasteiger partial charge on any atom is -0.300 e. The van der Waals surface area contributed by atoms with Gasteiger partial charge in [-0.3, -0.25) is 4.79 Å². The standard InChI is InChI=1S/C8H16OSi/c1-10(2,3)6-8(9)7-4-5-7/h7H,4-6H2,1-3H3. The zero-order valence-electron chi connectivity index (χ0n) is 7.11. The van der Waals surface area contributed by atoms with E-state index in [-0.39, 0.29) is 0 Å². The van der Waals surface area contributed by atoms with Gasteiger partial charge in [-0.05, 0) is 12.8 Å². The summed E-state index contributed by atoms with van der Waals surface area (Å²) in [5.41, 5.74) is 0. The molecule has 0 radical (unpaired) electrons. The first-order valence-electron chi connectivity index (χ1n) is 4.02. The lowest BCUT2D eigenvalue weighted by atomic mass is 10.3. The van der Waals surface area contributed by atoms with E-state index in [2.05, 4.69) is 19.6 Å². The van der Waals surface area contributed by atoms with E-state index in [0.29, 0.717) is 11.7 Å². The number of rotatable bonds is 3. The van der Waals surface area contributed by atoms with Gasteiger partial charge in [0.05, 0.1) is 8.07 Å². The molecule has 1 fully saturated rings. The minimum atomic E-state index is -1.09. The quantitative estimate of drug-likeness (QED) is 0.573. The maximum Gasteiger partial charge on any atom is 0.133 e. The molecule has 0 heterocycles. The highest BCUT2D eigenvalue weighted by molar-refractivity contribution is 6.78. The summed E-state index contributed by atoms with van der Waals surface area (Å²) in [6.07, 6.45) is 2.34. The Bertz CT molecular complexity index is 142. The molecule has 0 N–H and O–H groups in total. The summed E-state index contributed by atoms with van der Waals surface area (Å²) >= 11 is 0. The molecule has 2 heteroatoms. The predicted octanol–water partition coefficient (Wildman–Crippen LogP) is 2.30. The average molecular weight is 156 g/mol. The van der Waals surface area contributed by atoms with Gasteiger partial charge < -0.3 is 0 Å². The minimum absolute atomic E-state index is 0.478. The summed E-state index contributed by atoms with van der Waals surface area (Å²) in [7, 11) is -1.09. The number of carbonyl (C=O) groups excluding carboxylic acids is 1. The highest BCUT2D eigenvalue weighted by Gasteiger charge is 2.32. The second kappa shape index (κ2) is 2.49.